The third-order valence-corrected chi connectivity index (χ3v) is 4.52. The van der Waals surface area contributed by atoms with Gasteiger partial charge in [0.2, 0.25) is 0 Å². The number of nitrogens with zero attached hydrogens (tertiary/aromatic N) is 1. The molecule has 1 atom stereocenters. The number of nitrogens with one attached hydrogen (secondary N) is 1. The van der Waals surface area contributed by atoms with Crippen LogP contribution < -0.4 is 5.32 Å². The van der Waals surface area contributed by atoms with E-state index in [1.165, 1.54) is 6.92 Å². The fourth-order valence-corrected chi connectivity index (χ4v) is 3.10. The molecule has 1 aliphatic rings. The van der Waals surface area contributed by atoms with Gasteiger partial charge in [0, 0.05) is 17.7 Å². The van der Waals surface area contributed by atoms with E-state index in [-0.39, 0.29) is 18.2 Å². The Balaban J connectivity index is 1.72. The lowest BCUT2D eigenvalue weighted by atomic mass is 9.89. The third-order valence-electron chi connectivity index (χ3n) is 4.52. The summed E-state index contributed by atoms with van der Waals surface area (Å²) in [7, 11) is 0. The van der Waals surface area contributed by atoms with Crippen molar-refractivity contribution in [1.29, 1.82) is 0 Å². The standard InChI is InChI=1S/C20H20N2O4/c1-12-16(13(2)23)9-8-15(22-12)11-21-19(25)20(3)10-14-6-4-5-7-17(14)18(24)26-20/h4-9H,10-11H2,1-3H3,(H,21,25). The van der Waals surface area contributed by atoms with Crippen molar-refractivity contribution in [2.75, 3.05) is 0 Å². The average Bonchev–Trinajstić information content (AvgIpc) is 2.59. The topological polar surface area (TPSA) is 85.4 Å². The number of Topliss-reactive ketones (excluding diaryl/α,β-unsaturated/α-hetero) is 1. The molecule has 1 unspecified atom stereocenters. The molecule has 0 fully saturated rings. The quantitative estimate of drug-likeness (QED) is 0.674. The Kier molecular flexibility index (Phi) is 4.59. The van der Waals surface area contributed by atoms with Gasteiger partial charge >= 0.3 is 5.97 Å². The zero-order valence-electron chi connectivity index (χ0n) is 15.0. The van der Waals surface area contributed by atoms with E-state index in [1.54, 1.807) is 38.1 Å². The summed E-state index contributed by atoms with van der Waals surface area (Å²) in [6, 6.07) is 10.5. The predicted molar refractivity (Wildman–Crippen MR) is 94.8 cm³/mol. The molecule has 1 N–H and O–H groups in total. The minimum Gasteiger partial charge on any atom is -0.445 e. The normalized spacial score (nSPS) is 18.7. The Morgan fingerprint density at radius 1 is 1.23 bits per heavy atom. The van der Waals surface area contributed by atoms with Crippen LogP contribution in [0.3, 0.4) is 0 Å². The van der Waals surface area contributed by atoms with E-state index in [2.05, 4.69) is 10.3 Å². The van der Waals surface area contributed by atoms with E-state index in [0.29, 0.717) is 28.9 Å². The van der Waals surface area contributed by atoms with E-state index in [9.17, 15) is 14.4 Å². The van der Waals surface area contributed by atoms with Crippen molar-refractivity contribution in [3.05, 3.63) is 64.5 Å². The van der Waals surface area contributed by atoms with Gasteiger partial charge in [-0.05, 0) is 44.5 Å². The van der Waals surface area contributed by atoms with Crippen molar-refractivity contribution in [2.24, 2.45) is 0 Å². The molecule has 6 nitrogen and oxygen atoms in total. The number of ether oxygens (including phenoxy) is 1. The van der Waals surface area contributed by atoms with Crippen molar-refractivity contribution in [3.8, 4) is 0 Å². The fourth-order valence-electron chi connectivity index (χ4n) is 3.10. The molecule has 0 saturated heterocycles. The summed E-state index contributed by atoms with van der Waals surface area (Å²) >= 11 is 0. The first-order chi connectivity index (χ1) is 12.3. The maximum Gasteiger partial charge on any atom is 0.339 e. The van der Waals surface area contributed by atoms with Crippen molar-refractivity contribution < 1.29 is 19.1 Å². The molecule has 2 heterocycles. The monoisotopic (exact) mass is 352 g/mol. The zero-order chi connectivity index (χ0) is 18.9. The Morgan fingerprint density at radius 3 is 2.65 bits per heavy atom. The van der Waals surface area contributed by atoms with Crippen LogP contribution >= 0.6 is 0 Å². The van der Waals surface area contributed by atoms with E-state index >= 15 is 0 Å². The number of ketones is 1. The molecule has 3 rings (SSSR count). The van der Waals surface area contributed by atoms with Crippen LogP contribution in [-0.2, 0) is 22.5 Å². The summed E-state index contributed by atoms with van der Waals surface area (Å²) in [5.41, 5.74) is 1.83. The number of aryl methyl sites for hydroxylation is 1. The number of esters is 1. The van der Waals surface area contributed by atoms with Gasteiger partial charge in [0.1, 0.15) is 0 Å². The van der Waals surface area contributed by atoms with Crippen LogP contribution in [0.2, 0.25) is 0 Å². The van der Waals surface area contributed by atoms with Crippen molar-refractivity contribution in [3.63, 3.8) is 0 Å². The summed E-state index contributed by atoms with van der Waals surface area (Å²) in [5.74, 6) is -0.925. The second-order valence-electron chi connectivity index (χ2n) is 6.63. The molecule has 6 heteroatoms. The summed E-state index contributed by atoms with van der Waals surface area (Å²) in [4.78, 5) is 40.6. The lowest BCUT2D eigenvalue weighted by molar-refractivity contribution is -0.140. The van der Waals surface area contributed by atoms with Crippen LogP contribution in [0, 0.1) is 6.92 Å². The number of hydrogen-bond acceptors (Lipinski definition) is 5. The Labute approximate surface area is 151 Å². The SMILES string of the molecule is CC(=O)c1ccc(CNC(=O)C2(C)Cc3ccccc3C(=O)O2)nc1C. The molecule has 1 aromatic heterocycles. The van der Waals surface area contributed by atoms with Gasteiger partial charge in [0.05, 0.1) is 17.8 Å². The molecule has 0 bridgehead atoms. The minimum absolute atomic E-state index is 0.0501. The summed E-state index contributed by atoms with van der Waals surface area (Å²) < 4.78 is 5.41. The first-order valence-electron chi connectivity index (χ1n) is 8.37. The highest BCUT2D eigenvalue weighted by Crippen LogP contribution is 2.28. The van der Waals surface area contributed by atoms with E-state index in [0.717, 1.165) is 5.56 Å². The Morgan fingerprint density at radius 2 is 1.96 bits per heavy atom. The summed E-state index contributed by atoms with van der Waals surface area (Å²) in [6.45, 7) is 5.03. The lowest BCUT2D eigenvalue weighted by Crippen LogP contribution is -2.51. The molecule has 1 amide bonds. The highest BCUT2D eigenvalue weighted by atomic mass is 16.6. The van der Waals surface area contributed by atoms with Gasteiger partial charge in [-0.2, -0.15) is 0 Å². The molecule has 26 heavy (non-hydrogen) atoms. The second kappa shape index (κ2) is 6.71. The minimum atomic E-state index is -1.26. The van der Waals surface area contributed by atoms with Crippen LogP contribution in [0.15, 0.2) is 36.4 Å². The van der Waals surface area contributed by atoms with Crippen molar-refractivity contribution in [2.45, 2.75) is 39.3 Å². The molecular formula is C20H20N2O4. The maximum atomic E-state index is 12.6. The molecule has 1 aromatic carbocycles. The second-order valence-corrected chi connectivity index (χ2v) is 6.63. The fraction of sp³-hybridized carbons (Fsp3) is 0.300. The molecule has 0 radical (unpaired) electrons. The largest absolute Gasteiger partial charge is 0.445 e. The molecule has 134 valence electrons. The van der Waals surface area contributed by atoms with Crippen molar-refractivity contribution >= 4 is 17.7 Å². The number of cyclic esters (lactones) is 1. The van der Waals surface area contributed by atoms with Crippen LogP contribution in [-0.4, -0.2) is 28.2 Å². The number of pyridine rings is 1. The first kappa shape index (κ1) is 17.8. The average molecular weight is 352 g/mol. The zero-order valence-corrected chi connectivity index (χ0v) is 15.0. The van der Waals surface area contributed by atoms with Gasteiger partial charge < -0.3 is 10.1 Å². The van der Waals surface area contributed by atoms with Crippen molar-refractivity contribution in [1.82, 2.24) is 10.3 Å². The molecular weight excluding hydrogens is 332 g/mol. The van der Waals surface area contributed by atoms with Gasteiger partial charge in [-0.3, -0.25) is 14.6 Å². The first-order valence-corrected chi connectivity index (χ1v) is 8.37. The van der Waals surface area contributed by atoms with E-state index in [4.69, 9.17) is 4.74 Å². The number of hydrogen-bond donors (Lipinski definition) is 1. The number of aromatic nitrogens is 1. The van der Waals surface area contributed by atoms with Gasteiger partial charge in [-0.15, -0.1) is 0 Å². The Hall–Kier alpha value is -3.02. The smallest absolute Gasteiger partial charge is 0.339 e. The highest BCUT2D eigenvalue weighted by Gasteiger charge is 2.42. The van der Waals surface area contributed by atoms with Gasteiger partial charge in [0.15, 0.2) is 11.4 Å². The number of carbonyl (C=O) groups excluding carboxylic acids is 3. The highest BCUT2D eigenvalue weighted by molar-refractivity contribution is 5.97. The van der Waals surface area contributed by atoms with Gasteiger partial charge in [0.25, 0.3) is 5.91 Å². The number of fused-ring (bicyclic) bond motifs is 1. The number of carbonyl (C=O) groups is 3. The molecule has 0 spiro atoms. The molecule has 0 saturated carbocycles. The van der Waals surface area contributed by atoms with E-state index < -0.39 is 11.6 Å². The summed E-state index contributed by atoms with van der Waals surface area (Å²) in [6.07, 6.45) is 0.316. The maximum absolute atomic E-state index is 12.6. The Bertz CT molecular complexity index is 906. The number of amides is 1. The van der Waals surface area contributed by atoms with Crippen LogP contribution in [0.25, 0.3) is 0 Å². The van der Waals surface area contributed by atoms with Crippen LogP contribution in [0.1, 0.15) is 51.5 Å². The lowest BCUT2D eigenvalue weighted by Gasteiger charge is -2.33. The van der Waals surface area contributed by atoms with Crippen LogP contribution in [0.5, 0.6) is 0 Å². The van der Waals surface area contributed by atoms with E-state index in [1.807, 2.05) is 12.1 Å². The van der Waals surface area contributed by atoms with Crippen LogP contribution in [0.4, 0.5) is 0 Å². The third kappa shape index (κ3) is 3.35. The predicted octanol–water partition coefficient (Wildman–Crippen LogP) is 2.38. The molecule has 0 aliphatic carbocycles. The van der Waals surface area contributed by atoms with Gasteiger partial charge in [-0.1, -0.05) is 18.2 Å². The molecule has 2 aromatic rings. The molecule has 1 aliphatic heterocycles. The van der Waals surface area contributed by atoms with Gasteiger partial charge in [-0.25, -0.2) is 4.79 Å². The number of benzene rings is 1. The number of rotatable bonds is 4. The summed E-state index contributed by atoms with van der Waals surface area (Å²) in [5, 5.41) is 2.77.